The average molecular weight is 463 g/mol. The monoisotopic (exact) mass is 462 g/mol. The van der Waals surface area contributed by atoms with Crippen LogP contribution in [0.15, 0.2) is 46.2 Å². The van der Waals surface area contributed by atoms with E-state index >= 15 is 0 Å². The Morgan fingerprint density at radius 2 is 1.81 bits per heavy atom. The number of benzene rings is 2. The fourth-order valence-electron chi connectivity index (χ4n) is 2.88. The van der Waals surface area contributed by atoms with Gasteiger partial charge in [0.05, 0.1) is 37.6 Å². The lowest BCUT2D eigenvalue weighted by Crippen LogP contribution is -2.20. The van der Waals surface area contributed by atoms with Crippen molar-refractivity contribution in [3.63, 3.8) is 0 Å². The lowest BCUT2D eigenvalue weighted by Gasteiger charge is -2.12. The van der Waals surface area contributed by atoms with E-state index < -0.39 is 11.4 Å². The second kappa shape index (κ2) is 9.76. The van der Waals surface area contributed by atoms with E-state index in [1.807, 2.05) is 0 Å². The summed E-state index contributed by atoms with van der Waals surface area (Å²) in [4.78, 5) is 40.5. The third-order valence-electron chi connectivity index (χ3n) is 4.33. The number of nitrogens with one attached hydrogen (secondary N) is 2. The topological polar surface area (TPSA) is 107 Å². The maximum Gasteiger partial charge on any atom is 0.344 e. The number of amides is 1. The van der Waals surface area contributed by atoms with Gasteiger partial charge in [-0.1, -0.05) is 23.4 Å². The average Bonchev–Trinajstić information content (AvgIpc) is 2.76. The van der Waals surface area contributed by atoms with Gasteiger partial charge in [-0.2, -0.15) is 0 Å². The van der Waals surface area contributed by atoms with Crippen LogP contribution in [0.3, 0.4) is 0 Å². The number of anilines is 1. The summed E-state index contributed by atoms with van der Waals surface area (Å²) in [5.41, 5.74) is 0.296. The second-order valence-electron chi connectivity index (χ2n) is 6.25. The molecule has 8 nitrogen and oxygen atoms in total. The molecule has 162 valence electrons. The Kier molecular flexibility index (Phi) is 7.09. The van der Waals surface area contributed by atoms with Gasteiger partial charge in [-0.25, -0.2) is 4.79 Å². The SMILES string of the molecule is COC(=O)c1c(SCC(=O)Nc2ccc(OC)c(OC)c2)[nH]c2cc(Cl)ccc2c1=O. The number of fused-ring (bicyclic) bond motifs is 1. The van der Waals surface area contributed by atoms with Crippen LogP contribution in [0.2, 0.25) is 5.02 Å². The molecule has 10 heteroatoms. The largest absolute Gasteiger partial charge is 0.493 e. The molecule has 2 aromatic carbocycles. The van der Waals surface area contributed by atoms with E-state index in [2.05, 4.69) is 10.3 Å². The maximum atomic E-state index is 12.8. The van der Waals surface area contributed by atoms with Crippen molar-refractivity contribution in [1.29, 1.82) is 0 Å². The van der Waals surface area contributed by atoms with Gasteiger partial charge in [0.15, 0.2) is 11.5 Å². The molecule has 0 radical (unpaired) electrons. The van der Waals surface area contributed by atoms with Gasteiger partial charge >= 0.3 is 5.97 Å². The number of aromatic amines is 1. The van der Waals surface area contributed by atoms with Crippen LogP contribution in [0.25, 0.3) is 10.9 Å². The van der Waals surface area contributed by atoms with Crippen molar-refractivity contribution in [2.45, 2.75) is 5.03 Å². The van der Waals surface area contributed by atoms with Gasteiger partial charge in [-0.05, 0) is 30.3 Å². The molecular formula is C21H19ClN2O6S. The number of esters is 1. The number of thioether (sulfide) groups is 1. The summed E-state index contributed by atoms with van der Waals surface area (Å²) < 4.78 is 15.2. The Morgan fingerprint density at radius 1 is 1.06 bits per heavy atom. The molecule has 2 N–H and O–H groups in total. The Balaban J connectivity index is 1.85. The minimum Gasteiger partial charge on any atom is -0.493 e. The number of carbonyl (C=O) groups excluding carboxylic acids is 2. The van der Waals surface area contributed by atoms with E-state index in [0.717, 1.165) is 11.8 Å². The van der Waals surface area contributed by atoms with Gasteiger partial charge in [0, 0.05) is 22.2 Å². The Bertz CT molecular complexity index is 1210. The zero-order valence-corrected chi connectivity index (χ0v) is 18.5. The molecule has 0 fully saturated rings. The number of ether oxygens (including phenoxy) is 3. The molecule has 0 atom stereocenters. The van der Waals surface area contributed by atoms with Crippen molar-refractivity contribution in [2.24, 2.45) is 0 Å². The minimum atomic E-state index is -0.791. The molecule has 0 saturated heterocycles. The van der Waals surface area contributed by atoms with Crippen molar-refractivity contribution in [3.8, 4) is 11.5 Å². The molecule has 0 aliphatic heterocycles. The number of hydrogen-bond acceptors (Lipinski definition) is 7. The summed E-state index contributed by atoms with van der Waals surface area (Å²) >= 11 is 7.02. The van der Waals surface area contributed by atoms with E-state index in [1.165, 1.54) is 27.4 Å². The molecule has 3 rings (SSSR count). The lowest BCUT2D eigenvalue weighted by molar-refractivity contribution is -0.113. The first-order valence-corrected chi connectivity index (χ1v) is 10.3. The first-order chi connectivity index (χ1) is 14.9. The molecule has 0 spiro atoms. The van der Waals surface area contributed by atoms with E-state index in [0.29, 0.717) is 33.1 Å². The normalized spacial score (nSPS) is 10.6. The van der Waals surface area contributed by atoms with Crippen LogP contribution in [-0.2, 0) is 9.53 Å². The van der Waals surface area contributed by atoms with Crippen molar-refractivity contribution in [2.75, 3.05) is 32.4 Å². The number of halogens is 1. The molecule has 31 heavy (non-hydrogen) atoms. The zero-order valence-electron chi connectivity index (χ0n) is 16.9. The van der Waals surface area contributed by atoms with E-state index in [4.69, 9.17) is 25.8 Å². The van der Waals surface area contributed by atoms with Crippen molar-refractivity contribution >= 4 is 51.8 Å². The molecule has 1 heterocycles. The summed E-state index contributed by atoms with van der Waals surface area (Å²) in [6, 6.07) is 9.63. The molecular weight excluding hydrogens is 444 g/mol. The van der Waals surface area contributed by atoms with Crippen LogP contribution in [-0.4, -0.2) is 43.9 Å². The van der Waals surface area contributed by atoms with Crippen molar-refractivity contribution in [1.82, 2.24) is 4.98 Å². The predicted molar refractivity (Wildman–Crippen MR) is 120 cm³/mol. The van der Waals surface area contributed by atoms with Crippen LogP contribution in [0.1, 0.15) is 10.4 Å². The van der Waals surface area contributed by atoms with E-state index in [-0.39, 0.29) is 22.2 Å². The number of rotatable bonds is 7. The van der Waals surface area contributed by atoms with Crippen LogP contribution >= 0.6 is 23.4 Å². The van der Waals surface area contributed by atoms with Crippen molar-refractivity contribution < 1.29 is 23.8 Å². The third-order valence-corrected chi connectivity index (χ3v) is 5.57. The molecule has 1 aromatic heterocycles. The highest BCUT2D eigenvalue weighted by Gasteiger charge is 2.21. The highest BCUT2D eigenvalue weighted by molar-refractivity contribution is 8.00. The number of aromatic nitrogens is 1. The molecule has 3 aromatic rings. The van der Waals surface area contributed by atoms with Gasteiger partial charge in [-0.15, -0.1) is 0 Å². The number of methoxy groups -OCH3 is 3. The Labute approximate surface area is 186 Å². The summed E-state index contributed by atoms with van der Waals surface area (Å²) in [6.45, 7) is 0. The van der Waals surface area contributed by atoms with Gasteiger partial charge in [-0.3, -0.25) is 9.59 Å². The lowest BCUT2D eigenvalue weighted by atomic mass is 10.1. The minimum absolute atomic E-state index is 0.0691. The van der Waals surface area contributed by atoms with Crippen LogP contribution in [0.5, 0.6) is 11.5 Å². The predicted octanol–water partition coefficient (Wildman–Crippen LogP) is 3.72. The molecule has 0 bridgehead atoms. The molecule has 0 saturated carbocycles. The highest BCUT2D eigenvalue weighted by Crippen LogP contribution is 2.30. The van der Waals surface area contributed by atoms with Crippen LogP contribution in [0.4, 0.5) is 5.69 Å². The smallest absolute Gasteiger partial charge is 0.344 e. The molecule has 1 amide bonds. The number of carbonyl (C=O) groups is 2. The van der Waals surface area contributed by atoms with Crippen LogP contribution < -0.4 is 20.2 Å². The molecule has 0 unspecified atom stereocenters. The first kappa shape index (κ1) is 22.5. The summed E-state index contributed by atoms with van der Waals surface area (Å²) in [7, 11) is 4.20. The Hall–Kier alpha value is -3.17. The fourth-order valence-corrected chi connectivity index (χ4v) is 3.91. The first-order valence-electron chi connectivity index (χ1n) is 8.96. The Morgan fingerprint density at radius 3 is 2.48 bits per heavy atom. The summed E-state index contributed by atoms with van der Waals surface area (Å²) in [5.74, 6) is -0.206. The standard InChI is InChI=1S/C21H19ClN2O6S/c1-28-15-7-5-12(9-16(15)29-2)23-17(25)10-31-20-18(21(27)30-3)19(26)13-6-4-11(22)8-14(13)24-20/h4-9H,10H2,1-3H3,(H,23,25)(H,24,26). The number of hydrogen-bond donors (Lipinski definition) is 2. The number of pyridine rings is 1. The fraction of sp³-hybridized carbons (Fsp3) is 0.190. The van der Waals surface area contributed by atoms with E-state index in [9.17, 15) is 14.4 Å². The molecule has 0 aliphatic rings. The number of H-pyrrole nitrogens is 1. The van der Waals surface area contributed by atoms with Gasteiger partial charge < -0.3 is 24.5 Å². The van der Waals surface area contributed by atoms with Crippen molar-refractivity contribution in [3.05, 3.63) is 57.2 Å². The zero-order chi connectivity index (χ0) is 22.5. The summed E-state index contributed by atoms with van der Waals surface area (Å²) in [5, 5.41) is 3.68. The van der Waals surface area contributed by atoms with Gasteiger partial charge in [0.1, 0.15) is 5.56 Å². The maximum absolute atomic E-state index is 12.8. The molecule has 0 aliphatic carbocycles. The second-order valence-corrected chi connectivity index (χ2v) is 7.67. The summed E-state index contributed by atoms with van der Waals surface area (Å²) in [6.07, 6.45) is 0. The quantitative estimate of drug-likeness (QED) is 0.407. The van der Waals surface area contributed by atoms with Crippen LogP contribution in [0, 0.1) is 0 Å². The van der Waals surface area contributed by atoms with Gasteiger partial charge in [0.2, 0.25) is 11.3 Å². The highest BCUT2D eigenvalue weighted by atomic mass is 35.5. The van der Waals surface area contributed by atoms with Gasteiger partial charge in [0.25, 0.3) is 0 Å². The third kappa shape index (κ3) is 4.95. The van der Waals surface area contributed by atoms with E-state index in [1.54, 1.807) is 30.3 Å².